The molecule has 1 saturated heterocycles. The molecule has 0 N–H and O–H groups in total. The fourth-order valence-electron chi connectivity index (χ4n) is 2.63. The number of rotatable bonds is 4. The van der Waals surface area contributed by atoms with Gasteiger partial charge in [0.15, 0.2) is 0 Å². The molecule has 1 aliphatic heterocycles. The van der Waals surface area contributed by atoms with Crippen molar-refractivity contribution in [2.75, 3.05) is 26.7 Å². The van der Waals surface area contributed by atoms with Crippen LogP contribution in [0.4, 0.5) is 4.39 Å². The first kappa shape index (κ1) is 16.9. The topological polar surface area (TPSA) is 40.6 Å². The summed E-state index contributed by atoms with van der Waals surface area (Å²) in [6.07, 6.45) is 1.56. The van der Waals surface area contributed by atoms with Crippen LogP contribution in [0.5, 0.6) is 0 Å². The number of benzene rings is 1. The van der Waals surface area contributed by atoms with E-state index >= 15 is 0 Å². The van der Waals surface area contributed by atoms with Gasteiger partial charge in [0.05, 0.1) is 0 Å². The van der Waals surface area contributed by atoms with Gasteiger partial charge in [-0.1, -0.05) is 22.9 Å². The number of likely N-dealkylation sites (tertiary alicyclic amines) is 1. The molecule has 0 unspecified atom stereocenters. The van der Waals surface area contributed by atoms with Gasteiger partial charge in [0.2, 0.25) is 10.0 Å². The Morgan fingerprint density at radius 2 is 2.00 bits per heavy atom. The van der Waals surface area contributed by atoms with Gasteiger partial charge in [-0.15, -0.1) is 0 Å². The fraction of sp³-hybridized carbons (Fsp3) is 0.571. The molecule has 21 heavy (non-hydrogen) atoms. The first-order valence-electron chi connectivity index (χ1n) is 7.01. The van der Waals surface area contributed by atoms with E-state index in [4.69, 9.17) is 0 Å². The van der Waals surface area contributed by atoms with Crippen molar-refractivity contribution in [1.82, 2.24) is 9.21 Å². The minimum Gasteiger partial charge on any atom is -0.303 e. The summed E-state index contributed by atoms with van der Waals surface area (Å²) in [7, 11) is -2.25. The Bertz CT molecular complexity index is 601. The molecule has 1 aliphatic rings. The number of sulfonamides is 1. The largest absolute Gasteiger partial charge is 0.303 e. The fourth-order valence-corrected chi connectivity index (χ4v) is 4.43. The summed E-state index contributed by atoms with van der Waals surface area (Å²) in [6, 6.07) is 3.97. The van der Waals surface area contributed by atoms with E-state index in [9.17, 15) is 12.8 Å². The summed E-state index contributed by atoms with van der Waals surface area (Å²) >= 11 is 3.14. The lowest BCUT2D eigenvalue weighted by Gasteiger charge is -2.35. The minimum atomic E-state index is -3.79. The third kappa shape index (κ3) is 3.64. The van der Waals surface area contributed by atoms with E-state index in [2.05, 4.69) is 27.8 Å². The SMILES string of the molecule is CCN1CCC(N(C)S(=O)(=O)c2ccc(Br)cc2F)CC1. The average Bonchev–Trinajstić information content (AvgIpc) is 2.46. The Balaban J connectivity index is 2.19. The van der Waals surface area contributed by atoms with Gasteiger partial charge >= 0.3 is 0 Å². The van der Waals surface area contributed by atoms with E-state index in [1.165, 1.54) is 16.4 Å². The highest BCUT2D eigenvalue weighted by Crippen LogP contribution is 2.26. The van der Waals surface area contributed by atoms with Crippen molar-refractivity contribution < 1.29 is 12.8 Å². The van der Waals surface area contributed by atoms with Gasteiger partial charge in [0.25, 0.3) is 0 Å². The zero-order valence-electron chi connectivity index (χ0n) is 12.2. The summed E-state index contributed by atoms with van der Waals surface area (Å²) < 4.78 is 40.9. The monoisotopic (exact) mass is 378 g/mol. The van der Waals surface area contributed by atoms with Gasteiger partial charge in [-0.25, -0.2) is 12.8 Å². The second-order valence-corrected chi connectivity index (χ2v) is 8.14. The van der Waals surface area contributed by atoms with Crippen molar-refractivity contribution in [1.29, 1.82) is 0 Å². The van der Waals surface area contributed by atoms with Crippen LogP contribution in [0, 0.1) is 5.82 Å². The number of hydrogen-bond donors (Lipinski definition) is 0. The maximum absolute atomic E-state index is 13.9. The van der Waals surface area contributed by atoms with E-state index in [0.29, 0.717) is 4.47 Å². The quantitative estimate of drug-likeness (QED) is 0.808. The zero-order valence-corrected chi connectivity index (χ0v) is 14.6. The van der Waals surface area contributed by atoms with Crippen molar-refractivity contribution in [2.24, 2.45) is 0 Å². The first-order valence-corrected chi connectivity index (χ1v) is 9.25. The average molecular weight is 379 g/mol. The van der Waals surface area contributed by atoms with E-state index in [1.807, 2.05) is 0 Å². The first-order chi connectivity index (χ1) is 9.86. The second kappa shape index (κ2) is 6.73. The van der Waals surface area contributed by atoms with E-state index in [0.717, 1.165) is 32.5 Å². The van der Waals surface area contributed by atoms with E-state index in [-0.39, 0.29) is 10.9 Å². The van der Waals surface area contributed by atoms with Crippen molar-refractivity contribution in [3.63, 3.8) is 0 Å². The van der Waals surface area contributed by atoms with E-state index < -0.39 is 15.8 Å². The summed E-state index contributed by atoms with van der Waals surface area (Å²) in [5.74, 6) is -0.720. The Kier molecular flexibility index (Phi) is 5.40. The molecule has 118 valence electrons. The number of nitrogens with zero attached hydrogens (tertiary/aromatic N) is 2. The van der Waals surface area contributed by atoms with Crippen molar-refractivity contribution in [2.45, 2.75) is 30.7 Å². The van der Waals surface area contributed by atoms with Gasteiger partial charge < -0.3 is 4.90 Å². The van der Waals surface area contributed by atoms with Crippen molar-refractivity contribution >= 4 is 26.0 Å². The standard InChI is InChI=1S/C14H20BrFN2O2S/c1-3-18-8-6-12(7-9-18)17(2)21(19,20)14-5-4-11(15)10-13(14)16/h4-5,10,12H,3,6-9H2,1-2H3. The number of halogens is 2. The lowest BCUT2D eigenvalue weighted by Crippen LogP contribution is -2.45. The lowest BCUT2D eigenvalue weighted by atomic mass is 10.1. The summed E-state index contributed by atoms with van der Waals surface area (Å²) in [5, 5.41) is 0. The molecule has 0 aliphatic carbocycles. The number of piperidine rings is 1. The maximum atomic E-state index is 13.9. The maximum Gasteiger partial charge on any atom is 0.245 e. The molecule has 0 bridgehead atoms. The molecule has 0 aromatic heterocycles. The molecule has 0 amide bonds. The Labute approximate surface area is 134 Å². The second-order valence-electron chi connectivity index (χ2n) is 5.26. The van der Waals surface area contributed by atoms with Crippen LogP contribution in [0.3, 0.4) is 0 Å². The molecule has 0 radical (unpaired) electrons. The third-order valence-electron chi connectivity index (χ3n) is 4.07. The smallest absolute Gasteiger partial charge is 0.245 e. The molecular formula is C14H20BrFN2O2S. The molecular weight excluding hydrogens is 359 g/mol. The predicted molar refractivity (Wildman–Crippen MR) is 84.2 cm³/mol. The molecule has 1 heterocycles. The summed E-state index contributed by atoms with van der Waals surface area (Å²) in [6.45, 7) is 4.83. The third-order valence-corrected chi connectivity index (χ3v) is 6.51. The molecule has 0 saturated carbocycles. The van der Waals surface area contributed by atoms with Gasteiger partial charge in [-0.3, -0.25) is 0 Å². The van der Waals surface area contributed by atoms with Gasteiger partial charge in [0.1, 0.15) is 10.7 Å². The molecule has 1 aromatic rings. The molecule has 0 spiro atoms. The number of hydrogen-bond acceptors (Lipinski definition) is 3. The molecule has 4 nitrogen and oxygen atoms in total. The van der Waals surface area contributed by atoms with Crippen LogP contribution < -0.4 is 0 Å². The van der Waals surface area contributed by atoms with Gasteiger partial charge in [0, 0.05) is 17.6 Å². The molecule has 1 aromatic carbocycles. The molecule has 1 fully saturated rings. The van der Waals surface area contributed by atoms with Crippen LogP contribution in [0.15, 0.2) is 27.6 Å². The van der Waals surface area contributed by atoms with Crippen LogP contribution >= 0.6 is 15.9 Å². The predicted octanol–water partition coefficient (Wildman–Crippen LogP) is 2.69. The highest BCUT2D eigenvalue weighted by molar-refractivity contribution is 9.10. The van der Waals surface area contributed by atoms with Crippen LogP contribution in [0.25, 0.3) is 0 Å². The van der Waals surface area contributed by atoms with Crippen LogP contribution in [-0.4, -0.2) is 50.3 Å². The normalized spacial score (nSPS) is 18.3. The minimum absolute atomic E-state index is 0.0687. The molecule has 2 rings (SSSR count). The van der Waals surface area contributed by atoms with E-state index in [1.54, 1.807) is 13.1 Å². The summed E-state index contributed by atoms with van der Waals surface area (Å²) in [4.78, 5) is 2.03. The van der Waals surface area contributed by atoms with Gasteiger partial charge in [-0.2, -0.15) is 4.31 Å². The Morgan fingerprint density at radius 1 is 1.38 bits per heavy atom. The molecule has 7 heteroatoms. The van der Waals surface area contributed by atoms with Gasteiger partial charge in [-0.05, 0) is 50.7 Å². The Hall–Kier alpha value is -0.500. The molecule has 0 atom stereocenters. The summed E-state index contributed by atoms with van der Waals surface area (Å²) in [5.41, 5.74) is 0. The van der Waals surface area contributed by atoms with Crippen LogP contribution in [0.1, 0.15) is 19.8 Å². The van der Waals surface area contributed by atoms with Crippen LogP contribution in [0.2, 0.25) is 0 Å². The highest BCUT2D eigenvalue weighted by Gasteiger charge is 2.32. The Morgan fingerprint density at radius 3 is 2.52 bits per heavy atom. The zero-order chi connectivity index (χ0) is 15.6. The highest BCUT2D eigenvalue weighted by atomic mass is 79.9. The van der Waals surface area contributed by atoms with Crippen molar-refractivity contribution in [3.05, 3.63) is 28.5 Å². The van der Waals surface area contributed by atoms with Crippen LogP contribution in [-0.2, 0) is 10.0 Å². The lowest BCUT2D eigenvalue weighted by molar-refractivity contribution is 0.176. The van der Waals surface area contributed by atoms with Crippen molar-refractivity contribution in [3.8, 4) is 0 Å².